The lowest BCUT2D eigenvalue weighted by Gasteiger charge is -2.23. The summed E-state index contributed by atoms with van der Waals surface area (Å²) in [4.78, 5) is 16.4. The molecule has 1 aromatic carbocycles. The highest BCUT2D eigenvalue weighted by molar-refractivity contribution is 6.32. The maximum absolute atomic E-state index is 12.1. The van der Waals surface area contributed by atoms with Crippen LogP contribution in [0.25, 0.3) is 11.4 Å². The van der Waals surface area contributed by atoms with Crippen LogP contribution in [-0.4, -0.2) is 49.4 Å². The molecule has 2 heterocycles. The monoisotopic (exact) mass is 394 g/mol. The molecule has 0 aliphatic carbocycles. The van der Waals surface area contributed by atoms with E-state index in [1.165, 1.54) is 14.2 Å². The zero-order valence-electron chi connectivity index (χ0n) is 15.4. The molecule has 1 amide bonds. The van der Waals surface area contributed by atoms with Crippen LogP contribution < -0.4 is 20.1 Å². The van der Waals surface area contributed by atoms with Crippen molar-refractivity contribution in [3.8, 4) is 22.9 Å². The van der Waals surface area contributed by atoms with Crippen LogP contribution in [-0.2, 0) is 11.2 Å². The summed E-state index contributed by atoms with van der Waals surface area (Å²) in [6.45, 7) is 1.87. The molecule has 3 rings (SSSR count). The average Bonchev–Trinajstić information content (AvgIpc) is 3.15. The lowest BCUT2D eigenvalue weighted by Crippen LogP contribution is -2.42. The fourth-order valence-corrected chi connectivity index (χ4v) is 3.30. The summed E-state index contributed by atoms with van der Waals surface area (Å²) < 4.78 is 15.8. The smallest absolute Gasteiger partial charge is 0.227 e. The Morgan fingerprint density at radius 1 is 1.33 bits per heavy atom. The molecule has 1 aromatic heterocycles. The van der Waals surface area contributed by atoms with Crippen molar-refractivity contribution in [3.63, 3.8) is 0 Å². The lowest BCUT2D eigenvalue weighted by atomic mass is 10.1. The lowest BCUT2D eigenvalue weighted by molar-refractivity contribution is -0.122. The first-order valence-corrected chi connectivity index (χ1v) is 9.23. The molecule has 2 N–H and O–H groups in total. The van der Waals surface area contributed by atoms with E-state index in [1.54, 1.807) is 12.1 Å². The third-order valence-corrected chi connectivity index (χ3v) is 4.71. The topological polar surface area (TPSA) is 98.5 Å². The van der Waals surface area contributed by atoms with Gasteiger partial charge < -0.3 is 24.6 Å². The highest BCUT2D eigenvalue weighted by atomic mass is 35.5. The first-order valence-electron chi connectivity index (χ1n) is 8.85. The van der Waals surface area contributed by atoms with Crippen molar-refractivity contribution >= 4 is 17.5 Å². The molecule has 0 bridgehead atoms. The van der Waals surface area contributed by atoms with E-state index >= 15 is 0 Å². The predicted molar refractivity (Wildman–Crippen MR) is 100 cm³/mol. The minimum absolute atomic E-state index is 0.00388. The maximum atomic E-state index is 12.1. The number of carbonyl (C=O) groups is 1. The first-order chi connectivity index (χ1) is 13.1. The minimum atomic E-state index is -0.00388. The number of aryl methyl sites for hydroxylation is 1. The average molecular weight is 395 g/mol. The van der Waals surface area contributed by atoms with Crippen LogP contribution in [0.15, 0.2) is 16.7 Å². The van der Waals surface area contributed by atoms with Gasteiger partial charge in [0.25, 0.3) is 0 Å². The number of piperidine rings is 1. The van der Waals surface area contributed by atoms with E-state index in [-0.39, 0.29) is 11.9 Å². The van der Waals surface area contributed by atoms with Crippen molar-refractivity contribution in [2.24, 2.45) is 0 Å². The highest BCUT2D eigenvalue weighted by Gasteiger charge is 2.18. The van der Waals surface area contributed by atoms with Crippen LogP contribution in [0, 0.1) is 0 Å². The van der Waals surface area contributed by atoms with Gasteiger partial charge in [-0.3, -0.25) is 4.79 Å². The second-order valence-corrected chi connectivity index (χ2v) is 6.70. The number of methoxy groups -OCH3 is 2. The number of amides is 1. The van der Waals surface area contributed by atoms with Gasteiger partial charge in [-0.05, 0) is 38.1 Å². The molecule has 0 saturated carbocycles. The summed E-state index contributed by atoms with van der Waals surface area (Å²) >= 11 is 6.22. The number of halogens is 1. The third kappa shape index (κ3) is 4.90. The normalized spacial score (nSPS) is 14.8. The van der Waals surface area contributed by atoms with Gasteiger partial charge in [0.05, 0.1) is 19.2 Å². The number of benzene rings is 1. The first kappa shape index (κ1) is 19.4. The van der Waals surface area contributed by atoms with Gasteiger partial charge in [0.2, 0.25) is 17.6 Å². The van der Waals surface area contributed by atoms with Crippen LogP contribution in [0.3, 0.4) is 0 Å². The van der Waals surface area contributed by atoms with E-state index < -0.39 is 0 Å². The molecular formula is C18H23ClN4O4. The van der Waals surface area contributed by atoms with Crippen LogP contribution in [0.2, 0.25) is 5.02 Å². The van der Waals surface area contributed by atoms with Gasteiger partial charge >= 0.3 is 0 Å². The molecule has 0 unspecified atom stereocenters. The molecule has 0 radical (unpaired) electrons. The van der Waals surface area contributed by atoms with Gasteiger partial charge in [0, 0.05) is 24.4 Å². The molecular weight excluding hydrogens is 372 g/mol. The van der Waals surface area contributed by atoms with Crippen molar-refractivity contribution in [3.05, 3.63) is 23.0 Å². The summed E-state index contributed by atoms with van der Waals surface area (Å²) in [7, 11) is 3.05. The van der Waals surface area contributed by atoms with Crippen LogP contribution in [0.4, 0.5) is 0 Å². The van der Waals surface area contributed by atoms with E-state index in [0.717, 1.165) is 25.9 Å². The van der Waals surface area contributed by atoms with Gasteiger partial charge in [-0.15, -0.1) is 0 Å². The fraction of sp³-hybridized carbons (Fsp3) is 0.500. The summed E-state index contributed by atoms with van der Waals surface area (Å²) in [6, 6.07) is 3.65. The van der Waals surface area contributed by atoms with E-state index in [9.17, 15) is 4.79 Å². The van der Waals surface area contributed by atoms with Crippen LogP contribution in [0.5, 0.6) is 11.5 Å². The Balaban J connectivity index is 1.61. The Morgan fingerprint density at radius 3 is 2.81 bits per heavy atom. The molecule has 0 atom stereocenters. The molecule has 27 heavy (non-hydrogen) atoms. The Hall–Kier alpha value is -2.32. The van der Waals surface area contributed by atoms with E-state index in [0.29, 0.717) is 46.6 Å². The SMILES string of the molecule is COc1cc(-c2noc(CCC(=O)NC3CCNCC3)n2)cc(Cl)c1OC. The van der Waals surface area contributed by atoms with Crippen molar-refractivity contribution in [1.29, 1.82) is 0 Å². The Kier molecular flexibility index (Phi) is 6.52. The number of nitrogens with one attached hydrogen (secondary N) is 2. The molecule has 1 fully saturated rings. The fourth-order valence-electron chi connectivity index (χ4n) is 3.01. The molecule has 8 nitrogen and oxygen atoms in total. The summed E-state index contributed by atoms with van der Waals surface area (Å²) in [6.07, 6.45) is 2.59. The molecule has 1 saturated heterocycles. The van der Waals surface area contributed by atoms with Gasteiger partial charge in [-0.2, -0.15) is 4.98 Å². The number of hydrogen-bond donors (Lipinski definition) is 2. The quantitative estimate of drug-likeness (QED) is 0.742. The van der Waals surface area contributed by atoms with Crippen molar-refractivity contribution < 1.29 is 18.8 Å². The van der Waals surface area contributed by atoms with Gasteiger partial charge in [0.1, 0.15) is 0 Å². The van der Waals surface area contributed by atoms with Gasteiger partial charge in [-0.25, -0.2) is 0 Å². The summed E-state index contributed by atoms with van der Waals surface area (Å²) in [5.74, 6) is 1.70. The number of nitrogens with zero attached hydrogens (tertiary/aromatic N) is 2. The molecule has 2 aromatic rings. The number of carbonyl (C=O) groups excluding carboxylic acids is 1. The summed E-state index contributed by atoms with van der Waals surface area (Å²) in [5.41, 5.74) is 0.645. The maximum Gasteiger partial charge on any atom is 0.227 e. The minimum Gasteiger partial charge on any atom is -0.493 e. The zero-order valence-corrected chi connectivity index (χ0v) is 16.1. The molecule has 0 spiro atoms. The van der Waals surface area contributed by atoms with E-state index in [2.05, 4.69) is 20.8 Å². The van der Waals surface area contributed by atoms with E-state index in [1.807, 2.05) is 0 Å². The second-order valence-electron chi connectivity index (χ2n) is 6.30. The van der Waals surface area contributed by atoms with Gasteiger partial charge in [-0.1, -0.05) is 16.8 Å². The number of aromatic nitrogens is 2. The zero-order chi connectivity index (χ0) is 19.2. The van der Waals surface area contributed by atoms with Crippen molar-refractivity contribution in [2.45, 2.75) is 31.7 Å². The molecule has 146 valence electrons. The van der Waals surface area contributed by atoms with Crippen molar-refractivity contribution in [2.75, 3.05) is 27.3 Å². The van der Waals surface area contributed by atoms with E-state index in [4.69, 9.17) is 25.6 Å². The Labute approximate surface area is 162 Å². The molecule has 9 heteroatoms. The number of rotatable bonds is 7. The Bertz CT molecular complexity index is 790. The third-order valence-electron chi connectivity index (χ3n) is 4.43. The summed E-state index contributed by atoms with van der Waals surface area (Å²) in [5, 5.41) is 10.7. The molecule has 1 aliphatic rings. The Morgan fingerprint density at radius 2 is 2.11 bits per heavy atom. The van der Waals surface area contributed by atoms with Crippen molar-refractivity contribution in [1.82, 2.24) is 20.8 Å². The second kappa shape index (κ2) is 9.05. The standard InChI is InChI=1S/C18H23ClN4O4/c1-25-14-10-11(9-13(19)17(14)26-2)18-22-16(27-23-18)4-3-15(24)21-12-5-7-20-8-6-12/h9-10,12,20H,3-8H2,1-2H3,(H,21,24). The predicted octanol–water partition coefficient (Wildman–Crippen LogP) is 2.21. The number of hydrogen-bond acceptors (Lipinski definition) is 7. The van der Waals surface area contributed by atoms with Crippen LogP contribution >= 0.6 is 11.6 Å². The van der Waals surface area contributed by atoms with Gasteiger partial charge in [0.15, 0.2) is 11.5 Å². The highest BCUT2D eigenvalue weighted by Crippen LogP contribution is 2.38. The van der Waals surface area contributed by atoms with Crippen LogP contribution in [0.1, 0.15) is 25.2 Å². The number of ether oxygens (including phenoxy) is 2. The largest absolute Gasteiger partial charge is 0.493 e. The molecule has 1 aliphatic heterocycles.